The van der Waals surface area contributed by atoms with Crippen LogP contribution in [-0.2, 0) is 16.1 Å². The zero-order chi connectivity index (χ0) is 16.3. The number of hydrogen-bond donors (Lipinski definition) is 1. The fourth-order valence-electron chi connectivity index (χ4n) is 3.79. The normalized spacial score (nSPS) is 21.4. The Morgan fingerprint density at radius 2 is 1.96 bits per heavy atom. The summed E-state index contributed by atoms with van der Waals surface area (Å²) in [6, 6.07) is 8.04. The van der Waals surface area contributed by atoms with E-state index in [2.05, 4.69) is 23.3 Å². The molecule has 1 unspecified atom stereocenters. The number of benzene rings is 1. The molecule has 1 spiro atoms. The van der Waals surface area contributed by atoms with E-state index in [1.165, 1.54) is 0 Å². The van der Waals surface area contributed by atoms with Crippen molar-refractivity contribution in [2.75, 3.05) is 33.8 Å². The number of rotatable bonds is 5. The number of piperidine rings is 1. The van der Waals surface area contributed by atoms with E-state index >= 15 is 0 Å². The van der Waals surface area contributed by atoms with Crippen molar-refractivity contribution >= 4 is 30.8 Å². The Morgan fingerprint density at radius 1 is 1.28 bits per heavy atom. The zero-order valence-electron chi connectivity index (χ0n) is 14.8. The molecule has 25 heavy (non-hydrogen) atoms. The number of esters is 1. The van der Waals surface area contributed by atoms with Gasteiger partial charge in [0.1, 0.15) is 11.9 Å². The van der Waals surface area contributed by atoms with Crippen molar-refractivity contribution in [3.63, 3.8) is 0 Å². The molecule has 2 aliphatic rings. The third-order valence-electron chi connectivity index (χ3n) is 5.03. The van der Waals surface area contributed by atoms with Gasteiger partial charge in [0.15, 0.2) is 0 Å². The van der Waals surface area contributed by atoms with E-state index in [1.807, 2.05) is 18.2 Å². The highest BCUT2D eigenvalue weighted by Crippen LogP contribution is 2.41. The number of carbonyl (C=O) groups excluding carboxylic acids is 1. The van der Waals surface area contributed by atoms with Crippen LogP contribution in [0.4, 0.5) is 0 Å². The first-order chi connectivity index (χ1) is 11.1. The van der Waals surface area contributed by atoms with Gasteiger partial charge in [-0.1, -0.05) is 18.2 Å². The summed E-state index contributed by atoms with van der Waals surface area (Å²) in [4.78, 5) is 14.5. The molecule has 0 aliphatic carbocycles. The van der Waals surface area contributed by atoms with Crippen molar-refractivity contribution in [3.05, 3.63) is 29.8 Å². The molecule has 1 N–H and O–H groups in total. The molecule has 0 radical (unpaired) electrons. The standard InChI is InChI=1S/C18H26N2O3.2ClH/c1-20(12-14-5-3-4-6-16(14)22-2)13-15-11-18(17(21)23-15)7-9-19-10-8-18;;/h3-6,15,19H,7-13H2,1-2H3;2*1H. The van der Waals surface area contributed by atoms with Gasteiger partial charge in [0.05, 0.1) is 12.5 Å². The van der Waals surface area contributed by atoms with Gasteiger partial charge in [-0.15, -0.1) is 24.8 Å². The topological polar surface area (TPSA) is 50.8 Å². The minimum atomic E-state index is -0.235. The lowest BCUT2D eigenvalue weighted by Crippen LogP contribution is -2.39. The molecule has 0 bridgehead atoms. The molecule has 0 amide bonds. The van der Waals surface area contributed by atoms with Crippen molar-refractivity contribution < 1.29 is 14.3 Å². The molecule has 5 nitrogen and oxygen atoms in total. The van der Waals surface area contributed by atoms with Crippen molar-refractivity contribution in [2.45, 2.75) is 31.9 Å². The average Bonchev–Trinajstić information content (AvgIpc) is 2.83. The number of methoxy groups -OCH3 is 1. The second-order valence-electron chi connectivity index (χ2n) is 6.77. The number of likely N-dealkylation sites (N-methyl/N-ethyl adjacent to an activating group) is 1. The monoisotopic (exact) mass is 390 g/mol. The third-order valence-corrected chi connectivity index (χ3v) is 5.03. The highest BCUT2D eigenvalue weighted by atomic mass is 35.5. The number of nitrogens with zero attached hydrogens (tertiary/aromatic N) is 1. The maximum absolute atomic E-state index is 12.3. The van der Waals surface area contributed by atoms with E-state index < -0.39 is 0 Å². The van der Waals surface area contributed by atoms with Crippen LogP contribution < -0.4 is 10.1 Å². The number of para-hydroxylation sites is 1. The van der Waals surface area contributed by atoms with Gasteiger partial charge in [-0.05, 0) is 39.0 Å². The molecule has 7 heteroatoms. The predicted octanol–water partition coefficient (Wildman–Crippen LogP) is 2.66. The highest BCUT2D eigenvalue weighted by Gasteiger charge is 2.49. The molecule has 1 aromatic carbocycles. The summed E-state index contributed by atoms with van der Waals surface area (Å²) in [6.45, 7) is 3.38. The summed E-state index contributed by atoms with van der Waals surface area (Å²) < 4.78 is 11.1. The lowest BCUT2D eigenvalue weighted by molar-refractivity contribution is -0.150. The Kier molecular flexibility index (Phi) is 8.48. The Bertz CT molecular complexity index is 565. The molecular weight excluding hydrogens is 363 g/mol. The van der Waals surface area contributed by atoms with Gasteiger partial charge in [-0.3, -0.25) is 9.69 Å². The molecule has 1 atom stereocenters. The lowest BCUT2D eigenvalue weighted by atomic mass is 9.76. The summed E-state index contributed by atoms with van der Waals surface area (Å²) >= 11 is 0. The molecule has 142 valence electrons. The number of hydrogen-bond acceptors (Lipinski definition) is 5. The van der Waals surface area contributed by atoms with E-state index in [4.69, 9.17) is 9.47 Å². The Morgan fingerprint density at radius 3 is 2.64 bits per heavy atom. The third kappa shape index (κ3) is 5.00. The number of nitrogens with one attached hydrogen (secondary N) is 1. The van der Waals surface area contributed by atoms with Gasteiger partial charge in [0.2, 0.25) is 0 Å². The van der Waals surface area contributed by atoms with Crippen LogP contribution in [0.15, 0.2) is 24.3 Å². The Labute approximate surface area is 162 Å². The molecule has 2 saturated heterocycles. The van der Waals surface area contributed by atoms with Crippen LogP contribution in [0.1, 0.15) is 24.8 Å². The minimum absolute atomic E-state index is 0. The van der Waals surface area contributed by atoms with E-state index in [1.54, 1.807) is 7.11 Å². The maximum Gasteiger partial charge on any atom is 0.312 e. The van der Waals surface area contributed by atoms with E-state index in [9.17, 15) is 4.79 Å². The SMILES string of the molecule is COc1ccccc1CN(C)CC1CC2(CCNCC2)C(=O)O1.Cl.Cl. The highest BCUT2D eigenvalue weighted by molar-refractivity contribution is 5.85. The quantitative estimate of drug-likeness (QED) is 0.783. The first-order valence-corrected chi connectivity index (χ1v) is 8.35. The van der Waals surface area contributed by atoms with Gasteiger partial charge in [-0.25, -0.2) is 0 Å². The molecule has 2 heterocycles. The Balaban J connectivity index is 0.00000156. The Hall–Kier alpha value is -1.01. The van der Waals surface area contributed by atoms with Gasteiger partial charge >= 0.3 is 5.97 Å². The largest absolute Gasteiger partial charge is 0.496 e. The van der Waals surface area contributed by atoms with Crippen molar-refractivity contribution in [3.8, 4) is 5.75 Å². The van der Waals surface area contributed by atoms with Gasteiger partial charge in [0.25, 0.3) is 0 Å². The van der Waals surface area contributed by atoms with Crippen LogP contribution in [0.2, 0.25) is 0 Å². The van der Waals surface area contributed by atoms with E-state index in [0.717, 1.165) is 56.8 Å². The summed E-state index contributed by atoms with van der Waals surface area (Å²) in [7, 11) is 3.76. The molecule has 2 aliphatic heterocycles. The van der Waals surface area contributed by atoms with Crippen LogP contribution in [0.5, 0.6) is 5.75 Å². The molecule has 3 rings (SSSR count). The first-order valence-electron chi connectivity index (χ1n) is 8.35. The molecule has 2 fully saturated rings. The fraction of sp³-hybridized carbons (Fsp3) is 0.611. The summed E-state index contributed by atoms with van der Waals surface area (Å²) in [5.41, 5.74) is 0.916. The maximum atomic E-state index is 12.3. The predicted molar refractivity (Wildman–Crippen MR) is 103 cm³/mol. The van der Waals surface area contributed by atoms with Crippen LogP contribution in [0.3, 0.4) is 0 Å². The van der Waals surface area contributed by atoms with Gasteiger partial charge < -0.3 is 14.8 Å². The lowest BCUT2D eigenvalue weighted by Gasteiger charge is -2.29. The first kappa shape index (κ1) is 22.0. The van der Waals surface area contributed by atoms with Crippen molar-refractivity contribution in [2.24, 2.45) is 5.41 Å². The number of ether oxygens (including phenoxy) is 2. The molecule has 1 aromatic rings. The smallest absolute Gasteiger partial charge is 0.312 e. The number of carbonyl (C=O) groups is 1. The van der Waals surface area contributed by atoms with Crippen LogP contribution in [-0.4, -0.2) is 50.8 Å². The minimum Gasteiger partial charge on any atom is -0.496 e. The molecule has 0 aromatic heterocycles. The second-order valence-corrected chi connectivity index (χ2v) is 6.77. The molecular formula is C18H28Cl2N2O3. The van der Waals surface area contributed by atoms with Gasteiger partial charge in [-0.2, -0.15) is 0 Å². The van der Waals surface area contributed by atoms with Crippen molar-refractivity contribution in [1.29, 1.82) is 0 Å². The molecule has 0 saturated carbocycles. The summed E-state index contributed by atoms with van der Waals surface area (Å²) in [6.07, 6.45) is 2.65. The number of cyclic esters (lactones) is 1. The van der Waals surface area contributed by atoms with E-state index in [0.29, 0.717) is 0 Å². The van der Waals surface area contributed by atoms with Crippen LogP contribution in [0.25, 0.3) is 0 Å². The zero-order valence-corrected chi connectivity index (χ0v) is 16.5. The number of halogens is 2. The summed E-state index contributed by atoms with van der Waals surface area (Å²) in [5.74, 6) is 0.910. The average molecular weight is 391 g/mol. The summed E-state index contributed by atoms with van der Waals surface area (Å²) in [5, 5.41) is 3.33. The van der Waals surface area contributed by atoms with Crippen LogP contribution in [0, 0.1) is 5.41 Å². The van der Waals surface area contributed by atoms with E-state index in [-0.39, 0.29) is 42.3 Å². The second kappa shape index (κ2) is 9.62. The van der Waals surface area contributed by atoms with Gasteiger partial charge in [0, 0.05) is 25.1 Å². The van der Waals surface area contributed by atoms with Crippen molar-refractivity contribution in [1.82, 2.24) is 10.2 Å². The van der Waals surface area contributed by atoms with Crippen LogP contribution >= 0.6 is 24.8 Å². The fourth-order valence-corrected chi connectivity index (χ4v) is 3.79.